The Labute approximate surface area is 66.0 Å². The van der Waals surface area contributed by atoms with E-state index in [0.29, 0.717) is 5.57 Å². The first-order valence-electron chi connectivity index (χ1n) is 3.20. The van der Waals surface area contributed by atoms with Gasteiger partial charge in [0.15, 0.2) is 0 Å². The lowest BCUT2D eigenvalue weighted by Crippen LogP contribution is -2.00. The summed E-state index contributed by atoms with van der Waals surface area (Å²) in [6.45, 7) is 3.15. The van der Waals surface area contributed by atoms with Gasteiger partial charge in [-0.15, -0.1) is 0 Å². The van der Waals surface area contributed by atoms with Gasteiger partial charge in [-0.05, 0) is 26.0 Å². The third-order valence-corrected chi connectivity index (χ3v) is 1.08. The molecule has 0 rings (SSSR count). The van der Waals surface area contributed by atoms with Crippen molar-refractivity contribution in [1.82, 2.24) is 0 Å². The zero-order chi connectivity index (χ0) is 8.85. The number of carbonyl (C=O) groups excluding carboxylic acids is 1. The van der Waals surface area contributed by atoms with Crippen molar-refractivity contribution < 1.29 is 14.6 Å². The number of hydrogen-bond acceptors (Lipinski definition) is 3. The molecule has 0 saturated carbocycles. The highest BCUT2D eigenvalue weighted by Gasteiger charge is 1.99. The number of hydrogen-bond donors (Lipinski definition) is 1. The van der Waals surface area contributed by atoms with Gasteiger partial charge in [0, 0.05) is 5.57 Å². The van der Waals surface area contributed by atoms with Crippen LogP contribution in [-0.4, -0.2) is 18.2 Å². The minimum absolute atomic E-state index is 0.160. The molecule has 0 heterocycles. The smallest absolute Gasteiger partial charge is 0.333 e. The van der Waals surface area contributed by atoms with Crippen LogP contribution in [0.3, 0.4) is 0 Å². The van der Waals surface area contributed by atoms with Crippen molar-refractivity contribution in [3.8, 4) is 0 Å². The maximum atomic E-state index is 10.7. The summed E-state index contributed by atoms with van der Waals surface area (Å²) in [4.78, 5) is 10.7. The van der Waals surface area contributed by atoms with Crippen LogP contribution in [0, 0.1) is 0 Å². The molecule has 0 atom stereocenters. The van der Waals surface area contributed by atoms with E-state index < -0.39 is 0 Å². The van der Waals surface area contributed by atoms with Gasteiger partial charge in [-0.2, -0.15) is 0 Å². The number of carbonyl (C=O) groups is 1. The Morgan fingerprint density at radius 1 is 1.36 bits per heavy atom. The summed E-state index contributed by atoms with van der Waals surface area (Å²) in [6, 6.07) is 0. The molecule has 0 aromatic rings. The number of aliphatic hydroxyl groups is 1. The van der Waals surface area contributed by atoms with Crippen LogP contribution in [0.5, 0.6) is 0 Å². The lowest BCUT2D eigenvalue weighted by Gasteiger charge is -1.95. The Balaban J connectivity index is 4.23. The molecule has 0 aromatic heterocycles. The molecule has 1 N–H and O–H groups in total. The molecule has 0 aliphatic rings. The molecule has 0 spiro atoms. The first kappa shape index (κ1) is 9.75. The number of allylic oxidation sites excluding steroid dienone is 3. The molecule has 0 unspecified atom stereocenters. The maximum Gasteiger partial charge on any atom is 0.333 e. The van der Waals surface area contributed by atoms with Crippen LogP contribution >= 0.6 is 0 Å². The van der Waals surface area contributed by atoms with Crippen molar-refractivity contribution in [2.24, 2.45) is 0 Å². The van der Waals surface area contributed by atoms with E-state index in [1.807, 2.05) is 0 Å². The zero-order valence-electron chi connectivity index (χ0n) is 6.92. The standard InChI is InChI=1S/C8H12O3/c1-6(8(10)11-3)4-5-7(2)9/h4-5,9H,1-3H3/b6-4+,7-5+. The van der Waals surface area contributed by atoms with Crippen molar-refractivity contribution in [2.45, 2.75) is 13.8 Å². The predicted molar refractivity (Wildman–Crippen MR) is 42.2 cm³/mol. The molecular formula is C8H12O3. The van der Waals surface area contributed by atoms with Crippen molar-refractivity contribution in [3.05, 3.63) is 23.5 Å². The van der Waals surface area contributed by atoms with Gasteiger partial charge in [0.2, 0.25) is 0 Å². The molecule has 0 aromatic carbocycles. The Bertz CT molecular complexity index is 197. The second-order valence-corrected chi connectivity index (χ2v) is 2.15. The molecule has 3 nitrogen and oxygen atoms in total. The molecule has 0 aliphatic heterocycles. The van der Waals surface area contributed by atoms with E-state index in [0.717, 1.165) is 0 Å². The van der Waals surface area contributed by atoms with Crippen molar-refractivity contribution in [1.29, 1.82) is 0 Å². The Morgan fingerprint density at radius 2 is 1.91 bits per heavy atom. The molecule has 0 bridgehead atoms. The first-order chi connectivity index (χ1) is 5.07. The van der Waals surface area contributed by atoms with Gasteiger partial charge in [0.25, 0.3) is 0 Å². The molecular weight excluding hydrogens is 144 g/mol. The van der Waals surface area contributed by atoms with Gasteiger partial charge in [-0.1, -0.05) is 0 Å². The summed E-state index contributed by atoms with van der Waals surface area (Å²) in [5, 5.41) is 8.72. The fourth-order valence-corrected chi connectivity index (χ4v) is 0.475. The fourth-order valence-electron chi connectivity index (χ4n) is 0.475. The van der Waals surface area contributed by atoms with Gasteiger partial charge in [-0.25, -0.2) is 4.79 Å². The van der Waals surface area contributed by atoms with E-state index in [9.17, 15) is 4.79 Å². The van der Waals surface area contributed by atoms with Crippen LogP contribution in [-0.2, 0) is 9.53 Å². The Kier molecular flexibility index (Phi) is 4.03. The number of rotatable bonds is 2. The molecule has 0 fully saturated rings. The normalized spacial score (nSPS) is 13.0. The van der Waals surface area contributed by atoms with E-state index >= 15 is 0 Å². The van der Waals surface area contributed by atoms with Crippen LogP contribution in [0.25, 0.3) is 0 Å². The summed E-state index contributed by atoms with van der Waals surface area (Å²) in [7, 11) is 1.31. The number of methoxy groups -OCH3 is 1. The fraction of sp³-hybridized carbons (Fsp3) is 0.375. The highest BCUT2D eigenvalue weighted by molar-refractivity contribution is 5.87. The van der Waals surface area contributed by atoms with Crippen LogP contribution in [0.2, 0.25) is 0 Å². The first-order valence-corrected chi connectivity index (χ1v) is 3.20. The van der Waals surface area contributed by atoms with Gasteiger partial charge in [0.1, 0.15) is 0 Å². The summed E-state index contributed by atoms with van der Waals surface area (Å²) in [5.74, 6) is -0.226. The predicted octanol–water partition coefficient (Wildman–Crippen LogP) is 1.57. The van der Waals surface area contributed by atoms with E-state index in [4.69, 9.17) is 5.11 Å². The maximum absolute atomic E-state index is 10.7. The average Bonchev–Trinajstić information content (AvgIpc) is 1.98. The van der Waals surface area contributed by atoms with Crippen LogP contribution in [0.4, 0.5) is 0 Å². The lowest BCUT2D eigenvalue weighted by molar-refractivity contribution is -0.136. The summed E-state index contributed by atoms with van der Waals surface area (Å²) in [5.41, 5.74) is 0.459. The zero-order valence-corrected chi connectivity index (χ0v) is 6.92. The van der Waals surface area contributed by atoms with Gasteiger partial charge in [0.05, 0.1) is 12.9 Å². The van der Waals surface area contributed by atoms with E-state index in [1.165, 1.54) is 26.2 Å². The lowest BCUT2D eigenvalue weighted by atomic mass is 10.3. The molecule has 0 radical (unpaired) electrons. The minimum atomic E-state index is -0.387. The van der Waals surface area contributed by atoms with Crippen LogP contribution in [0.15, 0.2) is 23.5 Å². The SMILES string of the molecule is COC(=O)/C(C)=C/C=C(\C)O. The topological polar surface area (TPSA) is 46.5 Å². The summed E-state index contributed by atoms with van der Waals surface area (Å²) in [6.07, 6.45) is 2.94. The van der Waals surface area contributed by atoms with Crippen molar-refractivity contribution in [3.63, 3.8) is 0 Å². The number of esters is 1. The average molecular weight is 156 g/mol. The molecule has 0 aliphatic carbocycles. The number of aliphatic hydroxyl groups excluding tert-OH is 1. The third-order valence-electron chi connectivity index (χ3n) is 1.08. The summed E-state index contributed by atoms with van der Waals surface area (Å²) >= 11 is 0. The molecule has 3 heteroatoms. The second-order valence-electron chi connectivity index (χ2n) is 2.15. The van der Waals surface area contributed by atoms with Crippen molar-refractivity contribution in [2.75, 3.05) is 7.11 Å². The Hall–Kier alpha value is -1.25. The largest absolute Gasteiger partial charge is 0.513 e. The molecule has 62 valence electrons. The minimum Gasteiger partial charge on any atom is -0.513 e. The van der Waals surface area contributed by atoms with Gasteiger partial charge < -0.3 is 9.84 Å². The van der Waals surface area contributed by atoms with E-state index in [-0.39, 0.29) is 11.7 Å². The van der Waals surface area contributed by atoms with Crippen molar-refractivity contribution >= 4 is 5.97 Å². The highest BCUT2D eigenvalue weighted by Crippen LogP contribution is 1.97. The quantitative estimate of drug-likeness (QED) is 0.285. The van der Waals surface area contributed by atoms with Crippen LogP contribution in [0.1, 0.15) is 13.8 Å². The molecule has 0 amide bonds. The molecule has 0 saturated heterocycles. The van der Waals surface area contributed by atoms with E-state index in [1.54, 1.807) is 6.92 Å². The number of ether oxygens (including phenoxy) is 1. The third kappa shape index (κ3) is 4.19. The van der Waals surface area contributed by atoms with E-state index in [2.05, 4.69) is 4.74 Å². The van der Waals surface area contributed by atoms with Gasteiger partial charge in [-0.3, -0.25) is 0 Å². The van der Waals surface area contributed by atoms with Gasteiger partial charge >= 0.3 is 5.97 Å². The Morgan fingerprint density at radius 3 is 2.27 bits per heavy atom. The second kappa shape index (κ2) is 4.55. The summed E-state index contributed by atoms with van der Waals surface area (Å²) < 4.78 is 4.43. The molecule has 11 heavy (non-hydrogen) atoms. The van der Waals surface area contributed by atoms with Crippen LogP contribution < -0.4 is 0 Å². The monoisotopic (exact) mass is 156 g/mol. The highest BCUT2D eigenvalue weighted by atomic mass is 16.5.